The van der Waals surface area contributed by atoms with Crippen molar-refractivity contribution in [3.63, 3.8) is 0 Å². The van der Waals surface area contributed by atoms with E-state index in [2.05, 4.69) is 0 Å². The van der Waals surface area contributed by atoms with Crippen molar-refractivity contribution in [3.8, 4) is 28.7 Å². The van der Waals surface area contributed by atoms with E-state index in [9.17, 15) is 4.79 Å². The molecule has 0 saturated heterocycles. The van der Waals surface area contributed by atoms with Gasteiger partial charge in [-0.05, 0) is 52.2 Å². The Kier molecular flexibility index (Phi) is 5.74. The summed E-state index contributed by atoms with van der Waals surface area (Å²) in [5, 5.41) is 4.60. The molecule has 0 spiro atoms. The van der Waals surface area contributed by atoms with Gasteiger partial charge >= 0.3 is 0 Å². The second kappa shape index (κ2) is 8.49. The molecule has 0 fully saturated rings. The molecule has 4 aromatic rings. The Bertz CT molecular complexity index is 1390. The zero-order valence-electron chi connectivity index (χ0n) is 19.2. The normalized spacial score (nSPS) is 11.2. The lowest BCUT2D eigenvalue weighted by Gasteiger charge is -2.19. The molecule has 7 nitrogen and oxygen atoms in total. The van der Waals surface area contributed by atoms with Gasteiger partial charge in [0.15, 0.2) is 23.0 Å². The largest absolute Gasteiger partial charge is 0.493 e. The van der Waals surface area contributed by atoms with E-state index in [1.807, 2.05) is 37.4 Å². The number of rotatable bonds is 7. The predicted octanol–water partition coefficient (Wildman–Crippen LogP) is 4.76. The summed E-state index contributed by atoms with van der Waals surface area (Å²) in [6.07, 6.45) is 2.69. The first-order chi connectivity index (χ1) is 15.5. The Morgan fingerprint density at radius 1 is 0.688 bits per heavy atom. The van der Waals surface area contributed by atoms with Crippen LogP contribution in [0.3, 0.4) is 0 Å². The molecule has 3 aromatic carbocycles. The zero-order chi connectivity index (χ0) is 23.0. The van der Waals surface area contributed by atoms with Crippen molar-refractivity contribution < 1.29 is 23.7 Å². The minimum absolute atomic E-state index is 0.0581. The maximum atomic E-state index is 13.6. The summed E-state index contributed by atoms with van der Waals surface area (Å²) in [7, 11) is 7.91. The number of benzene rings is 3. The molecule has 0 aliphatic rings. The van der Waals surface area contributed by atoms with Gasteiger partial charge in [-0.3, -0.25) is 4.79 Å². The Labute approximate surface area is 186 Å². The van der Waals surface area contributed by atoms with Crippen molar-refractivity contribution in [2.24, 2.45) is 0 Å². The van der Waals surface area contributed by atoms with Gasteiger partial charge in [-0.2, -0.15) is 0 Å². The predicted molar refractivity (Wildman–Crippen MR) is 126 cm³/mol. The number of aryl methyl sites for hydroxylation is 1. The quantitative estimate of drug-likeness (QED) is 0.388. The molecular weight excluding hydrogens is 410 g/mol. The number of ether oxygens (including phenoxy) is 5. The number of fused-ring (bicyclic) bond motifs is 6. The van der Waals surface area contributed by atoms with Crippen molar-refractivity contribution in [2.75, 3.05) is 35.5 Å². The Hall–Kier alpha value is -3.61. The van der Waals surface area contributed by atoms with E-state index in [4.69, 9.17) is 23.7 Å². The molecule has 1 heterocycles. The summed E-state index contributed by atoms with van der Waals surface area (Å²) in [6, 6.07) is 7.58. The fraction of sp³-hybridized carbons (Fsp3) is 0.320. The number of hydrogen-bond donors (Lipinski definition) is 0. The Balaban J connectivity index is 2.37. The van der Waals surface area contributed by atoms with Gasteiger partial charge in [0.05, 0.1) is 40.9 Å². The summed E-state index contributed by atoms with van der Waals surface area (Å²) in [5.41, 5.74) is -0.0581. The molecule has 32 heavy (non-hydrogen) atoms. The summed E-state index contributed by atoms with van der Waals surface area (Å²) in [4.78, 5) is 13.6. The Morgan fingerprint density at radius 2 is 1.22 bits per heavy atom. The number of methoxy groups -OCH3 is 5. The molecular formula is C25H27NO6. The van der Waals surface area contributed by atoms with E-state index in [0.717, 1.165) is 33.4 Å². The highest BCUT2D eigenvalue weighted by Crippen LogP contribution is 2.49. The summed E-state index contributed by atoms with van der Waals surface area (Å²) < 4.78 is 29.9. The first-order valence-corrected chi connectivity index (χ1v) is 10.4. The molecule has 4 rings (SSSR count). The molecule has 0 unspecified atom stereocenters. The first kappa shape index (κ1) is 21.6. The van der Waals surface area contributed by atoms with Crippen molar-refractivity contribution in [2.45, 2.75) is 19.9 Å². The fourth-order valence-corrected chi connectivity index (χ4v) is 4.40. The van der Waals surface area contributed by atoms with E-state index in [1.165, 1.54) is 0 Å². The smallest absolute Gasteiger partial charge is 0.259 e. The first-order valence-electron chi connectivity index (χ1n) is 10.4. The minimum atomic E-state index is -0.0581. The minimum Gasteiger partial charge on any atom is -0.493 e. The lowest BCUT2D eigenvalue weighted by Crippen LogP contribution is -2.19. The highest BCUT2D eigenvalue weighted by atomic mass is 16.5. The third kappa shape index (κ3) is 3.07. The molecule has 0 radical (unpaired) electrons. The van der Waals surface area contributed by atoms with Crippen molar-refractivity contribution >= 4 is 32.3 Å². The summed E-state index contributed by atoms with van der Waals surface area (Å²) in [6.45, 7) is 2.68. The maximum Gasteiger partial charge on any atom is 0.259 e. The van der Waals surface area contributed by atoms with E-state index >= 15 is 0 Å². The molecule has 0 atom stereocenters. The molecule has 0 N–H and O–H groups in total. The van der Waals surface area contributed by atoms with Gasteiger partial charge in [-0.15, -0.1) is 0 Å². The van der Waals surface area contributed by atoms with E-state index in [0.29, 0.717) is 40.7 Å². The van der Waals surface area contributed by atoms with E-state index < -0.39 is 0 Å². The molecule has 1 aromatic heterocycles. The highest BCUT2D eigenvalue weighted by Gasteiger charge is 2.23. The van der Waals surface area contributed by atoms with Crippen LogP contribution in [0.4, 0.5) is 0 Å². The molecule has 0 bridgehead atoms. The second-order valence-electron chi connectivity index (χ2n) is 7.42. The van der Waals surface area contributed by atoms with Crippen LogP contribution in [0.2, 0.25) is 0 Å². The Morgan fingerprint density at radius 3 is 1.75 bits per heavy atom. The standard InChI is InChI=1S/C25H27NO6/c1-7-9-26-10-8-14-15-13-20(30-4)23(31-5)24(32-6)21(15)16-11-18(28-2)19(29-3)12-17(16)22(14)25(26)27/h8,10-13H,7,9H2,1-6H3. The number of hydrogen-bond acceptors (Lipinski definition) is 6. The van der Waals surface area contributed by atoms with Crippen LogP contribution >= 0.6 is 0 Å². The second-order valence-corrected chi connectivity index (χ2v) is 7.42. The van der Waals surface area contributed by atoms with Crippen LogP contribution in [-0.2, 0) is 6.54 Å². The molecule has 168 valence electrons. The molecule has 0 amide bonds. The summed E-state index contributed by atoms with van der Waals surface area (Å²) in [5.74, 6) is 2.64. The number of aromatic nitrogens is 1. The van der Waals surface area contributed by atoms with Crippen LogP contribution < -0.4 is 29.2 Å². The zero-order valence-corrected chi connectivity index (χ0v) is 19.2. The molecule has 0 saturated carbocycles. The third-order valence-corrected chi connectivity index (χ3v) is 5.81. The molecule has 7 heteroatoms. The van der Waals surface area contributed by atoms with Crippen LogP contribution in [0.15, 0.2) is 35.3 Å². The SMILES string of the molecule is CCCn1ccc2c3cc(OC)c(OC)c(OC)c3c3cc(OC)c(OC)cc3c2c1=O. The van der Waals surface area contributed by atoms with Gasteiger partial charge in [0, 0.05) is 18.1 Å². The van der Waals surface area contributed by atoms with Gasteiger partial charge in [0.2, 0.25) is 5.75 Å². The average molecular weight is 437 g/mol. The summed E-state index contributed by atoms with van der Waals surface area (Å²) >= 11 is 0. The maximum absolute atomic E-state index is 13.6. The van der Waals surface area contributed by atoms with Gasteiger partial charge in [0.1, 0.15) is 0 Å². The average Bonchev–Trinajstić information content (AvgIpc) is 2.83. The lowest BCUT2D eigenvalue weighted by atomic mass is 9.93. The number of pyridine rings is 1. The van der Waals surface area contributed by atoms with E-state index in [-0.39, 0.29) is 5.56 Å². The van der Waals surface area contributed by atoms with Gasteiger partial charge in [-0.1, -0.05) is 6.92 Å². The highest BCUT2D eigenvalue weighted by molar-refractivity contribution is 6.27. The molecule has 0 aliphatic heterocycles. The van der Waals surface area contributed by atoms with Crippen LogP contribution in [-0.4, -0.2) is 40.1 Å². The van der Waals surface area contributed by atoms with Crippen LogP contribution in [0.25, 0.3) is 32.3 Å². The molecule has 0 aliphatic carbocycles. The van der Waals surface area contributed by atoms with Gasteiger partial charge < -0.3 is 28.3 Å². The van der Waals surface area contributed by atoms with Crippen molar-refractivity contribution in [1.82, 2.24) is 4.57 Å². The van der Waals surface area contributed by atoms with Crippen molar-refractivity contribution in [1.29, 1.82) is 0 Å². The van der Waals surface area contributed by atoms with Crippen LogP contribution in [0.1, 0.15) is 13.3 Å². The van der Waals surface area contributed by atoms with Crippen molar-refractivity contribution in [3.05, 3.63) is 40.8 Å². The van der Waals surface area contributed by atoms with Gasteiger partial charge in [-0.25, -0.2) is 0 Å². The van der Waals surface area contributed by atoms with Gasteiger partial charge in [0.25, 0.3) is 5.56 Å². The van der Waals surface area contributed by atoms with E-state index in [1.54, 1.807) is 40.1 Å². The lowest BCUT2D eigenvalue weighted by molar-refractivity contribution is 0.327. The van der Waals surface area contributed by atoms with Crippen LogP contribution in [0, 0.1) is 0 Å². The van der Waals surface area contributed by atoms with Crippen LogP contribution in [0.5, 0.6) is 28.7 Å². The third-order valence-electron chi connectivity index (χ3n) is 5.81. The fourth-order valence-electron chi connectivity index (χ4n) is 4.40. The monoisotopic (exact) mass is 437 g/mol. The topological polar surface area (TPSA) is 68.2 Å². The number of nitrogens with zero attached hydrogens (tertiary/aromatic N) is 1.